The van der Waals surface area contributed by atoms with Crippen LogP contribution >= 0.6 is 0 Å². The molecule has 102 valence electrons. The maximum atomic E-state index is 4.92. The number of benzene rings is 1. The van der Waals surface area contributed by atoms with E-state index in [-0.39, 0.29) is 0 Å². The molecule has 1 nitrogen and oxygen atoms in total. The van der Waals surface area contributed by atoms with E-state index in [1.807, 2.05) is 0 Å². The van der Waals surface area contributed by atoms with Crippen molar-refractivity contribution < 1.29 is 0 Å². The van der Waals surface area contributed by atoms with Gasteiger partial charge in [-0.05, 0) is 0 Å². The minimum absolute atomic E-state index is 0.567. The number of rotatable bonds is 5. The second kappa shape index (κ2) is 7.67. The van der Waals surface area contributed by atoms with Crippen LogP contribution in [0.3, 0.4) is 0 Å². The van der Waals surface area contributed by atoms with Crippen molar-refractivity contribution in [3.8, 4) is 0 Å². The summed E-state index contributed by atoms with van der Waals surface area (Å²) in [5.74, 6) is 0. The van der Waals surface area contributed by atoms with Crippen LogP contribution in [0.15, 0.2) is 40.9 Å². The molecule has 0 saturated heterocycles. The minimum atomic E-state index is 0.567. The Labute approximate surface area is 123 Å². The summed E-state index contributed by atoms with van der Waals surface area (Å²) in [6, 6.07) is 10.8. The van der Waals surface area contributed by atoms with Crippen LogP contribution in [0, 0.1) is 0 Å². The Morgan fingerprint density at radius 2 is 1.95 bits per heavy atom. The van der Waals surface area contributed by atoms with Crippen LogP contribution in [0.2, 0.25) is 5.32 Å². The number of aliphatic imine (C=N–C) groups is 1. The van der Waals surface area contributed by atoms with Crippen LogP contribution in [0.5, 0.6) is 0 Å². The molecule has 1 aromatic carbocycles. The molecule has 0 radical (unpaired) electrons. The fourth-order valence-corrected chi connectivity index (χ4v) is 4.74. The van der Waals surface area contributed by atoms with Gasteiger partial charge in [-0.1, -0.05) is 0 Å². The maximum absolute atomic E-state index is 4.92. The molecule has 1 heterocycles. The van der Waals surface area contributed by atoms with Gasteiger partial charge in [0.2, 0.25) is 0 Å². The second-order valence-electron chi connectivity index (χ2n) is 4.84. The van der Waals surface area contributed by atoms with E-state index < -0.39 is 0 Å². The predicted octanol–water partition coefficient (Wildman–Crippen LogP) is 4.58. The average molecular weight is 320 g/mol. The van der Waals surface area contributed by atoms with Gasteiger partial charge in [-0.3, -0.25) is 0 Å². The third-order valence-corrected chi connectivity index (χ3v) is 5.60. The molecule has 0 bridgehead atoms. The molecule has 0 unspecified atom stereocenters. The summed E-state index contributed by atoms with van der Waals surface area (Å²) in [5.41, 5.74) is 4.45. The number of hydrogen-bond acceptors (Lipinski definition) is 1. The molecule has 2 rings (SSSR count). The Morgan fingerprint density at radius 1 is 1.16 bits per heavy atom. The first-order chi connectivity index (χ1) is 9.36. The molecule has 0 aliphatic carbocycles. The standard InChI is InChI=1S/C17H23NSe/c1-3-5-12-18-17-16(14(4-2)11-13-19-17)15-9-7-6-8-10-15/h6-10H,3-5,11-13H2,1-2H3. The van der Waals surface area contributed by atoms with Crippen molar-refractivity contribution in [3.05, 3.63) is 41.5 Å². The van der Waals surface area contributed by atoms with Gasteiger partial charge in [0, 0.05) is 0 Å². The molecule has 0 amide bonds. The average Bonchev–Trinajstić information content (AvgIpc) is 2.48. The first-order valence-corrected chi connectivity index (χ1v) is 9.38. The second-order valence-corrected chi connectivity index (χ2v) is 7.11. The Bertz CT molecular complexity index is 459. The summed E-state index contributed by atoms with van der Waals surface area (Å²) in [4.78, 5) is 4.92. The zero-order valence-corrected chi connectivity index (χ0v) is 13.7. The zero-order chi connectivity index (χ0) is 13.5. The summed E-state index contributed by atoms with van der Waals surface area (Å²) in [6.07, 6.45) is 4.87. The third kappa shape index (κ3) is 3.81. The van der Waals surface area contributed by atoms with Crippen molar-refractivity contribution in [1.82, 2.24) is 0 Å². The summed E-state index contributed by atoms with van der Waals surface area (Å²) >= 11 is 0.567. The molecular formula is C17H23NSe. The van der Waals surface area contributed by atoms with Crippen LogP contribution in [0.25, 0.3) is 5.57 Å². The first kappa shape index (κ1) is 14.6. The first-order valence-electron chi connectivity index (χ1n) is 7.31. The van der Waals surface area contributed by atoms with Crippen LogP contribution < -0.4 is 0 Å². The van der Waals surface area contributed by atoms with Gasteiger partial charge in [0.15, 0.2) is 0 Å². The Hall–Kier alpha value is -0.851. The van der Waals surface area contributed by atoms with Crippen LogP contribution in [-0.4, -0.2) is 26.1 Å². The normalized spacial score (nSPS) is 18.1. The van der Waals surface area contributed by atoms with E-state index in [0.29, 0.717) is 15.0 Å². The zero-order valence-electron chi connectivity index (χ0n) is 12.0. The molecule has 1 aliphatic heterocycles. The van der Waals surface area contributed by atoms with Gasteiger partial charge in [0.25, 0.3) is 0 Å². The molecule has 0 spiro atoms. The van der Waals surface area contributed by atoms with Gasteiger partial charge >= 0.3 is 123 Å². The van der Waals surface area contributed by atoms with Crippen LogP contribution in [-0.2, 0) is 0 Å². The van der Waals surface area contributed by atoms with E-state index in [0.717, 1.165) is 13.0 Å². The van der Waals surface area contributed by atoms with Crippen molar-refractivity contribution in [2.75, 3.05) is 6.54 Å². The monoisotopic (exact) mass is 321 g/mol. The van der Waals surface area contributed by atoms with Crippen LogP contribution in [0.1, 0.15) is 45.1 Å². The summed E-state index contributed by atoms with van der Waals surface area (Å²) < 4.78 is 1.41. The van der Waals surface area contributed by atoms with Gasteiger partial charge in [-0.25, -0.2) is 0 Å². The van der Waals surface area contributed by atoms with Gasteiger partial charge < -0.3 is 0 Å². The van der Waals surface area contributed by atoms with Crippen molar-refractivity contribution in [2.45, 2.75) is 44.9 Å². The quantitative estimate of drug-likeness (QED) is 0.556. The van der Waals surface area contributed by atoms with Gasteiger partial charge in [0.1, 0.15) is 0 Å². The summed E-state index contributed by atoms with van der Waals surface area (Å²) in [5, 5.41) is 1.33. The van der Waals surface area contributed by atoms with Gasteiger partial charge in [-0.15, -0.1) is 0 Å². The van der Waals surface area contributed by atoms with Crippen molar-refractivity contribution in [3.63, 3.8) is 0 Å². The molecule has 0 atom stereocenters. The molecule has 2 heteroatoms. The number of unbranched alkanes of at least 4 members (excludes halogenated alkanes) is 1. The fraction of sp³-hybridized carbons (Fsp3) is 0.471. The van der Waals surface area contributed by atoms with Crippen molar-refractivity contribution >= 4 is 25.1 Å². The molecule has 0 fully saturated rings. The Balaban J connectivity index is 2.35. The SMILES string of the molecule is CCCCN=C1[Se]CCC(CC)=C1c1ccccc1. The fourth-order valence-electron chi connectivity index (χ4n) is 2.37. The molecular weight excluding hydrogens is 297 g/mol. The van der Waals surface area contributed by atoms with Gasteiger partial charge in [0.05, 0.1) is 0 Å². The third-order valence-electron chi connectivity index (χ3n) is 3.47. The summed E-state index contributed by atoms with van der Waals surface area (Å²) in [7, 11) is 0. The molecule has 19 heavy (non-hydrogen) atoms. The van der Waals surface area contributed by atoms with E-state index in [1.165, 1.54) is 40.3 Å². The molecule has 0 saturated carbocycles. The van der Waals surface area contributed by atoms with Crippen molar-refractivity contribution in [2.24, 2.45) is 4.99 Å². The molecule has 1 aromatic rings. The number of nitrogens with zero attached hydrogens (tertiary/aromatic N) is 1. The molecule has 0 N–H and O–H groups in total. The van der Waals surface area contributed by atoms with Crippen LogP contribution in [0.4, 0.5) is 0 Å². The molecule has 0 aromatic heterocycles. The number of hydrogen-bond donors (Lipinski definition) is 0. The summed E-state index contributed by atoms with van der Waals surface area (Å²) in [6.45, 7) is 5.51. The van der Waals surface area contributed by atoms with E-state index >= 15 is 0 Å². The Morgan fingerprint density at radius 3 is 2.63 bits per heavy atom. The van der Waals surface area contributed by atoms with E-state index in [9.17, 15) is 0 Å². The molecule has 1 aliphatic rings. The van der Waals surface area contributed by atoms with E-state index in [1.54, 1.807) is 5.57 Å². The predicted molar refractivity (Wildman–Crippen MR) is 86.0 cm³/mol. The topological polar surface area (TPSA) is 12.4 Å². The van der Waals surface area contributed by atoms with Gasteiger partial charge in [-0.2, -0.15) is 0 Å². The van der Waals surface area contributed by atoms with E-state index in [2.05, 4.69) is 44.2 Å². The Kier molecular flexibility index (Phi) is 5.88. The van der Waals surface area contributed by atoms with E-state index in [4.69, 9.17) is 4.99 Å². The number of allylic oxidation sites excluding steroid dienone is 2. The van der Waals surface area contributed by atoms with Crippen molar-refractivity contribution in [1.29, 1.82) is 0 Å².